The van der Waals surface area contributed by atoms with E-state index < -0.39 is 23.7 Å². The quantitative estimate of drug-likeness (QED) is 0.320. The van der Waals surface area contributed by atoms with Gasteiger partial charge in [-0.1, -0.05) is 0 Å². The van der Waals surface area contributed by atoms with Crippen molar-refractivity contribution in [1.29, 1.82) is 0 Å². The van der Waals surface area contributed by atoms with E-state index in [1.165, 1.54) is 11.1 Å². The first-order valence-electron chi connectivity index (χ1n) is 10.9. The van der Waals surface area contributed by atoms with Gasteiger partial charge in [0, 0.05) is 49.9 Å². The summed E-state index contributed by atoms with van der Waals surface area (Å²) in [6.07, 6.45) is 4.28. The number of amides is 1. The number of rotatable bonds is 9. The van der Waals surface area contributed by atoms with E-state index in [9.17, 15) is 18.1 Å². The topological polar surface area (TPSA) is 115 Å². The molecule has 0 bridgehead atoms. The Balaban J connectivity index is 1.48. The van der Waals surface area contributed by atoms with Gasteiger partial charge in [0.1, 0.15) is 6.26 Å². The largest absolute Gasteiger partial charge is 0.598 e. The molecular formula is C22H25F2N7O3S. The molecule has 0 aliphatic carbocycles. The van der Waals surface area contributed by atoms with Crippen LogP contribution in [0.4, 0.5) is 20.3 Å². The highest BCUT2D eigenvalue weighted by Crippen LogP contribution is 2.31. The third kappa shape index (κ3) is 5.74. The Morgan fingerprint density at radius 1 is 1.26 bits per heavy atom. The summed E-state index contributed by atoms with van der Waals surface area (Å²) in [5.74, 6) is -0.314. The minimum atomic E-state index is -2.85. The van der Waals surface area contributed by atoms with Gasteiger partial charge >= 0.3 is 6.43 Å². The molecule has 0 spiro atoms. The molecule has 35 heavy (non-hydrogen) atoms. The Hall–Kier alpha value is -3.16. The van der Waals surface area contributed by atoms with Crippen molar-refractivity contribution in [1.82, 2.24) is 24.5 Å². The Kier molecular flexibility index (Phi) is 7.88. The van der Waals surface area contributed by atoms with E-state index in [0.717, 1.165) is 31.6 Å². The number of alkyl halides is 2. The van der Waals surface area contributed by atoms with Gasteiger partial charge in [-0.05, 0) is 37.1 Å². The molecular weight excluding hydrogens is 480 g/mol. The number of halogens is 2. The van der Waals surface area contributed by atoms with E-state index in [0.29, 0.717) is 23.5 Å². The SMILES string of the molecule is CN(c1cccnc1N(C=O)Cc1ccc(-c2nnc(C(F)F)o2)cn1)C1CCN([S+](C)[O-])CC1. The van der Waals surface area contributed by atoms with E-state index >= 15 is 0 Å². The molecule has 1 atom stereocenters. The highest BCUT2D eigenvalue weighted by Gasteiger charge is 2.29. The van der Waals surface area contributed by atoms with Crippen LogP contribution < -0.4 is 9.80 Å². The lowest BCUT2D eigenvalue weighted by molar-refractivity contribution is -0.107. The van der Waals surface area contributed by atoms with Gasteiger partial charge in [-0.25, -0.2) is 4.98 Å². The molecule has 1 unspecified atom stereocenters. The summed E-state index contributed by atoms with van der Waals surface area (Å²) in [5.41, 5.74) is 1.76. The maximum absolute atomic E-state index is 12.7. The molecule has 1 fully saturated rings. The van der Waals surface area contributed by atoms with E-state index in [1.54, 1.807) is 24.6 Å². The molecule has 1 amide bonds. The number of anilines is 2. The van der Waals surface area contributed by atoms with Gasteiger partial charge in [0.2, 0.25) is 12.3 Å². The number of carbonyl (C=O) groups excluding carboxylic acids is 1. The Morgan fingerprint density at radius 2 is 2.03 bits per heavy atom. The van der Waals surface area contributed by atoms with Crippen LogP contribution >= 0.6 is 0 Å². The first kappa shape index (κ1) is 24.9. The third-order valence-electron chi connectivity index (χ3n) is 5.91. The standard InChI is InChI=1S/C22H25F2N7O3S/c1-29(17-7-10-31(11-8-17)35(2)33)18-4-3-9-25-20(18)30(14-32)13-16-6-5-15(12-26-16)21-27-28-22(34-21)19(23)24/h3-6,9,12,14,17,19H,7-8,10-11,13H2,1-2H3. The molecule has 4 rings (SSSR count). The smallest absolute Gasteiger partial charge is 0.314 e. The molecule has 10 nitrogen and oxygen atoms in total. The van der Waals surface area contributed by atoms with Crippen molar-refractivity contribution in [3.63, 3.8) is 0 Å². The van der Waals surface area contributed by atoms with Crippen molar-refractivity contribution >= 4 is 29.3 Å². The third-order valence-corrected chi connectivity index (χ3v) is 7.00. The zero-order valence-electron chi connectivity index (χ0n) is 19.3. The number of hydrogen-bond acceptors (Lipinski definition) is 9. The van der Waals surface area contributed by atoms with Gasteiger partial charge in [-0.2, -0.15) is 8.78 Å². The van der Waals surface area contributed by atoms with Crippen LogP contribution in [0.2, 0.25) is 0 Å². The second kappa shape index (κ2) is 11.1. The highest BCUT2D eigenvalue weighted by molar-refractivity contribution is 7.88. The lowest BCUT2D eigenvalue weighted by atomic mass is 10.0. The molecule has 0 radical (unpaired) electrons. The maximum Gasteiger partial charge on any atom is 0.314 e. The van der Waals surface area contributed by atoms with Crippen LogP contribution in [-0.2, 0) is 22.7 Å². The summed E-state index contributed by atoms with van der Waals surface area (Å²) in [4.78, 5) is 24.4. The van der Waals surface area contributed by atoms with Crippen molar-refractivity contribution in [3.8, 4) is 11.5 Å². The summed E-state index contributed by atoms with van der Waals surface area (Å²) in [5, 5.41) is 6.93. The Labute approximate surface area is 204 Å². The van der Waals surface area contributed by atoms with E-state index in [1.807, 2.05) is 23.5 Å². The lowest BCUT2D eigenvalue weighted by Gasteiger charge is -2.37. The predicted octanol–water partition coefficient (Wildman–Crippen LogP) is 2.82. The number of nitrogens with zero attached hydrogens (tertiary/aromatic N) is 7. The predicted molar refractivity (Wildman–Crippen MR) is 126 cm³/mol. The molecule has 186 valence electrons. The minimum absolute atomic E-state index is 0.0572. The van der Waals surface area contributed by atoms with Crippen LogP contribution in [0.3, 0.4) is 0 Å². The second-order valence-electron chi connectivity index (χ2n) is 8.06. The molecule has 0 aromatic carbocycles. The number of piperidine rings is 1. The van der Waals surface area contributed by atoms with Crippen molar-refractivity contribution in [2.45, 2.75) is 31.9 Å². The molecule has 0 saturated carbocycles. The number of pyridine rings is 2. The van der Waals surface area contributed by atoms with Crippen LogP contribution in [-0.4, -0.2) is 67.9 Å². The molecule has 0 N–H and O–H groups in total. The second-order valence-corrected chi connectivity index (χ2v) is 9.42. The first-order valence-corrected chi connectivity index (χ1v) is 12.4. The summed E-state index contributed by atoms with van der Waals surface area (Å²) < 4.78 is 44.0. The van der Waals surface area contributed by atoms with Crippen molar-refractivity contribution < 1.29 is 22.5 Å². The van der Waals surface area contributed by atoms with Gasteiger partial charge in [0.15, 0.2) is 5.82 Å². The Morgan fingerprint density at radius 3 is 2.63 bits per heavy atom. The van der Waals surface area contributed by atoms with Crippen LogP contribution in [0, 0.1) is 0 Å². The van der Waals surface area contributed by atoms with Crippen LogP contribution in [0.1, 0.15) is 30.9 Å². The molecule has 1 saturated heterocycles. The van der Waals surface area contributed by atoms with Gasteiger partial charge in [0.05, 0.1) is 23.5 Å². The van der Waals surface area contributed by atoms with Crippen LogP contribution in [0.15, 0.2) is 41.1 Å². The van der Waals surface area contributed by atoms with Gasteiger partial charge in [-0.15, -0.1) is 14.5 Å². The van der Waals surface area contributed by atoms with Crippen molar-refractivity contribution in [2.24, 2.45) is 0 Å². The molecule has 1 aliphatic rings. The van der Waals surface area contributed by atoms with E-state index in [2.05, 4.69) is 25.1 Å². The van der Waals surface area contributed by atoms with Crippen LogP contribution in [0.25, 0.3) is 11.5 Å². The molecule has 1 aliphatic heterocycles. The molecule has 3 aromatic heterocycles. The van der Waals surface area contributed by atoms with E-state index in [-0.39, 0.29) is 18.5 Å². The number of hydrogen-bond donors (Lipinski definition) is 0. The molecule has 3 aromatic rings. The van der Waals surface area contributed by atoms with Crippen LogP contribution in [0.5, 0.6) is 0 Å². The summed E-state index contributed by atoms with van der Waals surface area (Å²) in [6.45, 7) is 1.63. The number of carbonyl (C=O) groups is 1. The van der Waals surface area contributed by atoms with Gasteiger partial charge < -0.3 is 13.9 Å². The zero-order chi connectivity index (χ0) is 24.9. The molecule has 4 heterocycles. The molecule has 13 heteroatoms. The van der Waals surface area contributed by atoms with E-state index in [4.69, 9.17) is 4.42 Å². The fourth-order valence-corrected chi connectivity index (χ4v) is 4.71. The summed E-state index contributed by atoms with van der Waals surface area (Å²) in [6, 6.07) is 7.22. The fraction of sp³-hybridized carbons (Fsp3) is 0.409. The van der Waals surface area contributed by atoms with Crippen molar-refractivity contribution in [2.75, 3.05) is 36.2 Å². The summed E-state index contributed by atoms with van der Waals surface area (Å²) >= 11 is -0.981. The first-order chi connectivity index (χ1) is 16.9. The average molecular weight is 506 g/mol. The monoisotopic (exact) mass is 505 g/mol. The normalized spacial score (nSPS) is 15.8. The maximum atomic E-state index is 12.7. The van der Waals surface area contributed by atoms with Crippen molar-refractivity contribution in [3.05, 3.63) is 48.2 Å². The Bertz CT molecular complexity index is 1120. The van der Waals surface area contributed by atoms with Gasteiger partial charge in [0.25, 0.3) is 5.89 Å². The zero-order valence-corrected chi connectivity index (χ0v) is 20.1. The van der Waals surface area contributed by atoms with Gasteiger partial charge in [-0.3, -0.25) is 14.7 Å². The average Bonchev–Trinajstić information content (AvgIpc) is 3.38. The highest BCUT2D eigenvalue weighted by atomic mass is 32.2. The fourth-order valence-electron chi connectivity index (χ4n) is 3.99. The minimum Gasteiger partial charge on any atom is -0.598 e. The number of aromatic nitrogens is 4. The summed E-state index contributed by atoms with van der Waals surface area (Å²) in [7, 11) is 1.97. The lowest BCUT2D eigenvalue weighted by Crippen LogP contribution is -2.45.